The highest BCUT2D eigenvalue weighted by atomic mass is 19.4. The van der Waals surface area contributed by atoms with Gasteiger partial charge in [-0.15, -0.1) is 0 Å². The van der Waals surface area contributed by atoms with Crippen LogP contribution in [0.3, 0.4) is 0 Å². The number of aliphatic hydroxyl groups is 1. The largest absolute Gasteiger partial charge is 0.418 e. The van der Waals surface area contributed by atoms with E-state index < -0.39 is 17.8 Å². The van der Waals surface area contributed by atoms with Crippen molar-refractivity contribution in [3.63, 3.8) is 0 Å². The molecule has 0 bridgehead atoms. The van der Waals surface area contributed by atoms with Crippen LogP contribution in [0.4, 0.5) is 24.5 Å². The van der Waals surface area contributed by atoms with E-state index in [-0.39, 0.29) is 5.69 Å². The van der Waals surface area contributed by atoms with E-state index in [9.17, 15) is 13.2 Å². The Morgan fingerprint density at radius 2 is 2.00 bits per heavy atom. The number of hydrogen-bond donors (Lipinski definition) is 2. The summed E-state index contributed by atoms with van der Waals surface area (Å²) in [5.74, 6) is 0. The quantitative estimate of drug-likeness (QED) is 0.820. The highest BCUT2D eigenvalue weighted by Gasteiger charge is 2.33. The highest BCUT2D eigenvalue weighted by Crippen LogP contribution is 2.35. The summed E-state index contributed by atoms with van der Waals surface area (Å²) in [6, 6.07) is 3.81. The first-order chi connectivity index (χ1) is 8.21. The highest BCUT2D eigenvalue weighted by molar-refractivity contribution is 5.59. The Morgan fingerprint density at radius 1 is 1.39 bits per heavy atom. The van der Waals surface area contributed by atoms with Gasteiger partial charge in [-0.25, -0.2) is 0 Å². The van der Waals surface area contributed by atoms with Crippen molar-refractivity contribution in [3.8, 4) is 0 Å². The monoisotopic (exact) mass is 262 g/mol. The molecule has 102 valence electrons. The summed E-state index contributed by atoms with van der Waals surface area (Å²) in [6.45, 7) is 2.11. The lowest BCUT2D eigenvalue weighted by Crippen LogP contribution is -2.22. The van der Waals surface area contributed by atoms with Gasteiger partial charge in [0.1, 0.15) is 0 Å². The fourth-order valence-corrected chi connectivity index (χ4v) is 1.54. The number of hydrogen-bond acceptors (Lipinski definition) is 3. The summed E-state index contributed by atoms with van der Waals surface area (Å²) in [6.07, 6.45) is -4.45. The van der Waals surface area contributed by atoms with Crippen molar-refractivity contribution in [1.29, 1.82) is 0 Å². The van der Waals surface area contributed by atoms with Crippen molar-refractivity contribution in [2.45, 2.75) is 25.6 Å². The Labute approximate surface area is 104 Å². The molecule has 0 aromatic heterocycles. The van der Waals surface area contributed by atoms with E-state index in [1.807, 2.05) is 0 Å². The lowest BCUT2D eigenvalue weighted by molar-refractivity contribution is -0.136. The molecule has 0 aliphatic carbocycles. The molecule has 1 unspecified atom stereocenters. The average Bonchev–Trinajstić information content (AvgIpc) is 2.24. The molecular formula is C12H17F3N2O. The first-order valence-electron chi connectivity index (χ1n) is 5.57. The SMILES string of the molecule is CC(O)CCN(C)c1ccc(N)c(C(F)(F)F)c1. The van der Waals surface area contributed by atoms with Gasteiger partial charge in [-0.1, -0.05) is 0 Å². The van der Waals surface area contributed by atoms with Crippen LogP contribution in [0, 0.1) is 0 Å². The third-order valence-electron chi connectivity index (χ3n) is 2.67. The molecule has 1 atom stereocenters. The van der Waals surface area contributed by atoms with Gasteiger partial charge in [-0.2, -0.15) is 13.2 Å². The second-order valence-corrected chi connectivity index (χ2v) is 4.33. The van der Waals surface area contributed by atoms with Gasteiger partial charge in [0.05, 0.1) is 11.7 Å². The minimum absolute atomic E-state index is 0.282. The molecule has 0 amide bonds. The zero-order chi connectivity index (χ0) is 13.9. The van der Waals surface area contributed by atoms with Crippen molar-refractivity contribution in [2.24, 2.45) is 0 Å². The van der Waals surface area contributed by atoms with Gasteiger partial charge in [-0.05, 0) is 31.5 Å². The fourth-order valence-electron chi connectivity index (χ4n) is 1.54. The van der Waals surface area contributed by atoms with Crippen molar-refractivity contribution < 1.29 is 18.3 Å². The molecule has 0 saturated carbocycles. The lowest BCUT2D eigenvalue weighted by Gasteiger charge is -2.22. The summed E-state index contributed by atoms with van der Waals surface area (Å²) < 4.78 is 38.0. The van der Waals surface area contributed by atoms with E-state index in [1.54, 1.807) is 18.9 Å². The predicted molar refractivity (Wildman–Crippen MR) is 65.4 cm³/mol. The molecule has 1 aromatic carbocycles. The van der Waals surface area contributed by atoms with Crippen LogP contribution in [0.15, 0.2) is 18.2 Å². The third-order valence-corrected chi connectivity index (χ3v) is 2.67. The van der Waals surface area contributed by atoms with Crippen LogP contribution in [0.1, 0.15) is 18.9 Å². The van der Waals surface area contributed by atoms with Gasteiger partial charge in [0, 0.05) is 25.0 Å². The maximum atomic E-state index is 12.7. The summed E-state index contributed by atoms with van der Waals surface area (Å²) in [5.41, 5.74) is 4.64. The van der Waals surface area contributed by atoms with E-state index in [4.69, 9.17) is 10.8 Å². The Balaban J connectivity index is 2.91. The molecule has 1 aromatic rings. The number of alkyl halides is 3. The molecule has 3 nitrogen and oxygen atoms in total. The van der Waals surface area contributed by atoms with E-state index in [1.165, 1.54) is 12.1 Å². The van der Waals surface area contributed by atoms with Crippen LogP contribution >= 0.6 is 0 Å². The summed E-state index contributed by atoms with van der Waals surface area (Å²) in [5, 5.41) is 9.15. The molecule has 1 rings (SSSR count). The Bertz CT molecular complexity index is 405. The van der Waals surface area contributed by atoms with Crippen molar-refractivity contribution in [2.75, 3.05) is 24.2 Å². The normalized spacial score (nSPS) is 13.4. The van der Waals surface area contributed by atoms with E-state index in [2.05, 4.69) is 0 Å². The van der Waals surface area contributed by atoms with E-state index in [0.29, 0.717) is 18.7 Å². The summed E-state index contributed by atoms with van der Waals surface area (Å²) >= 11 is 0. The second-order valence-electron chi connectivity index (χ2n) is 4.33. The summed E-state index contributed by atoms with van der Waals surface area (Å²) in [7, 11) is 1.67. The van der Waals surface area contributed by atoms with Gasteiger partial charge in [0.2, 0.25) is 0 Å². The maximum Gasteiger partial charge on any atom is 0.418 e. The number of benzene rings is 1. The van der Waals surface area contributed by atoms with Gasteiger partial charge in [0.15, 0.2) is 0 Å². The van der Waals surface area contributed by atoms with E-state index >= 15 is 0 Å². The van der Waals surface area contributed by atoms with Gasteiger partial charge in [-0.3, -0.25) is 0 Å². The smallest absolute Gasteiger partial charge is 0.398 e. The number of rotatable bonds is 4. The number of aliphatic hydroxyl groups excluding tert-OH is 1. The molecule has 0 aliphatic heterocycles. The summed E-state index contributed by atoms with van der Waals surface area (Å²) in [4.78, 5) is 1.65. The third kappa shape index (κ3) is 3.80. The van der Waals surface area contributed by atoms with Crippen LogP contribution in [0.2, 0.25) is 0 Å². The lowest BCUT2D eigenvalue weighted by atomic mass is 10.1. The first-order valence-corrected chi connectivity index (χ1v) is 5.57. The second kappa shape index (κ2) is 5.48. The van der Waals surface area contributed by atoms with Crippen molar-refractivity contribution >= 4 is 11.4 Å². The van der Waals surface area contributed by atoms with Crippen molar-refractivity contribution in [1.82, 2.24) is 0 Å². The molecule has 18 heavy (non-hydrogen) atoms. The Hall–Kier alpha value is -1.43. The van der Waals surface area contributed by atoms with Gasteiger partial charge < -0.3 is 15.7 Å². The minimum atomic E-state index is -4.45. The zero-order valence-electron chi connectivity index (χ0n) is 10.3. The molecule has 0 radical (unpaired) electrons. The van der Waals surface area contributed by atoms with E-state index in [0.717, 1.165) is 6.07 Å². The molecule has 0 saturated heterocycles. The average molecular weight is 262 g/mol. The number of anilines is 2. The Kier molecular flexibility index (Phi) is 4.45. The molecule has 3 N–H and O–H groups in total. The number of nitrogens with two attached hydrogens (primary N) is 1. The number of halogens is 3. The minimum Gasteiger partial charge on any atom is -0.398 e. The van der Waals surface area contributed by atoms with Gasteiger partial charge >= 0.3 is 6.18 Å². The predicted octanol–water partition coefficient (Wildman–Crippen LogP) is 2.49. The molecule has 0 fully saturated rings. The molecule has 0 spiro atoms. The van der Waals surface area contributed by atoms with Crippen molar-refractivity contribution in [3.05, 3.63) is 23.8 Å². The van der Waals surface area contributed by atoms with Crippen LogP contribution in [-0.2, 0) is 6.18 Å². The molecule has 6 heteroatoms. The maximum absolute atomic E-state index is 12.7. The van der Waals surface area contributed by atoms with Crippen LogP contribution in [0.25, 0.3) is 0 Å². The number of nitrogens with zero attached hydrogens (tertiary/aromatic N) is 1. The zero-order valence-corrected chi connectivity index (χ0v) is 10.3. The standard InChI is InChI=1S/C12H17F3N2O/c1-8(18)5-6-17(2)9-3-4-11(16)10(7-9)12(13,14)15/h3-4,7-8,18H,5-6,16H2,1-2H3. The first kappa shape index (κ1) is 14.6. The van der Waals surface area contributed by atoms with Crippen LogP contribution in [0.5, 0.6) is 0 Å². The van der Waals surface area contributed by atoms with Gasteiger partial charge in [0.25, 0.3) is 0 Å². The fraction of sp³-hybridized carbons (Fsp3) is 0.500. The molecule has 0 heterocycles. The van der Waals surface area contributed by atoms with Crippen LogP contribution < -0.4 is 10.6 Å². The topological polar surface area (TPSA) is 49.5 Å². The van der Waals surface area contributed by atoms with Crippen LogP contribution in [-0.4, -0.2) is 24.8 Å². The molecule has 0 aliphatic rings. The number of nitrogen functional groups attached to an aromatic ring is 1. The molecular weight excluding hydrogens is 245 g/mol. The Morgan fingerprint density at radius 3 is 2.50 bits per heavy atom.